The van der Waals surface area contributed by atoms with Crippen LogP contribution in [-0.2, 0) is 4.79 Å². The van der Waals surface area contributed by atoms with Crippen molar-refractivity contribution < 1.29 is 9.59 Å². The number of hydrogen-bond donors (Lipinski definition) is 0. The average Bonchev–Trinajstić information content (AvgIpc) is 3.39. The molecular weight excluding hydrogens is 446 g/mol. The van der Waals surface area contributed by atoms with Crippen LogP contribution >= 0.6 is 11.3 Å². The number of amides is 2. The fraction of sp³-hybridized carbons (Fsp3) is 0.615. The molecule has 34 heavy (non-hydrogen) atoms. The molecule has 2 aromatic rings. The summed E-state index contributed by atoms with van der Waals surface area (Å²) in [6, 6.07) is 6.06. The van der Waals surface area contributed by atoms with Crippen molar-refractivity contribution in [2.75, 3.05) is 44.2 Å². The maximum Gasteiger partial charge on any atom is 0.273 e. The minimum absolute atomic E-state index is 0.0317. The molecule has 1 saturated carbocycles. The maximum atomic E-state index is 13.1. The fourth-order valence-corrected chi connectivity index (χ4v) is 6.50. The standard InChI is InChI=1S/C26H35N5O2S/c1-19-6-5-9-23(27-19)29-14-16-31(17-15-29)26(33)22-18-34-24(28-22)20-10-12-30(13-11-20)25(32)21-7-3-2-4-8-21/h5-6,9,18,20-21H,2-4,7-8,10-17H2,1H3. The van der Waals surface area contributed by atoms with Crippen LogP contribution in [0.5, 0.6) is 0 Å². The summed E-state index contributed by atoms with van der Waals surface area (Å²) in [5.41, 5.74) is 1.58. The Labute approximate surface area is 206 Å². The minimum Gasteiger partial charge on any atom is -0.353 e. The second-order valence-electron chi connectivity index (χ2n) is 9.92. The molecule has 0 unspecified atom stereocenters. The van der Waals surface area contributed by atoms with Crippen LogP contribution in [0.2, 0.25) is 0 Å². The van der Waals surface area contributed by atoms with E-state index >= 15 is 0 Å². The Morgan fingerprint density at radius 1 is 0.882 bits per heavy atom. The van der Waals surface area contributed by atoms with E-state index in [0.29, 0.717) is 30.6 Å². The van der Waals surface area contributed by atoms with Crippen LogP contribution < -0.4 is 4.90 Å². The van der Waals surface area contributed by atoms with Gasteiger partial charge in [-0.05, 0) is 44.7 Å². The molecular formula is C26H35N5O2S. The van der Waals surface area contributed by atoms with Crippen LogP contribution in [-0.4, -0.2) is 70.9 Å². The molecule has 182 valence electrons. The van der Waals surface area contributed by atoms with E-state index in [1.165, 1.54) is 19.3 Å². The Morgan fingerprint density at radius 3 is 2.32 bits per heavy atom. The lowest BCUT2D eigenvalue weighted by Crippen LogP contribution is -2.49. The first-order valence-corrected chi connectivity index (χ1v) is 13.7. The highest BCUT2D eigenvalue weighted by molar-refractivity contribution is 7.09. The molecule has 2 saturated heterocycles. The van der Waals surface area contributed by atoms with Gasteiger partial charge >= 0.3 is 0 Å². The van der Waals surface area contributed by atoms with Gasteiger partial charge in [-0.25, -0.2) is 9.97 Å². The molecule has 0 N–H and O–H groups in total. The fourth-order valence-electron chi connectivity index (χ4n) is 5.53. The molecule has 0 spiro atoms. The van der Waals surface area contributed by atoms with Crippen molar-refractivity contribution in [2.24, 2.45) is 5.92 Å². The Bertz CT molecular complexity index is 1000. The van der Waals surface area contributed by atoms with Gasteiger partial charge in [0.05, 0.1) is 5.01 Å². The SMILES string of the molecule is Cc1cccc(N2CCN(C(=O)c3csc(C4CCN(C(=O)C5CCCCC5)CC4)n3)CC2)n1. The molecule has 1 aliphatic carbocycles. The van der Waals surface area contributed by atoms with Gasteiger partial charge in [0, 0.05) is 62.2 Å². The summed E-state index contributed by atoms with van der Waals surface area (Å²) >= 11 is 1.60. The highest BCUT2D eigenvalue weighted by atomic mass is 32.1. The van der Waals surface area contributed by atoms with Crippen LogP contribution in [0.25, 0.3) is 0 Å². The molecule has 3 aliphatic rings. The number of aromatic nitrogens is 2. The number of piperidine rings is 1. The molecule has 5 rings (SSSR count). The number of nitrogens with zero attached hydrogens (tertiary/aromatic N) is 5. The lowest BCUT2D eigenvalue weighted by molar-refractivity contribution is -0.137. The first kappa shape index (κ1) is 23.3. The van der Waals surface area contributed by atoms with Gasteiger partial charge in [0.2, 0.25) is 5.91 Å². The molecule has 2 amide bonds. The molecule has 2 aliphatic heterocycles. The maximum absolute atomic E-state index is 13.1. The van der Waals surface area contributed by atoms with Crippen LogP contribution in [0.3, 0.4) is 0 Å². The first-order valence-electron chi connectivity index (χ1n) is 12.8. The zero-order chi connectivity index (χ0) is 23.5. The summed E-state index contributed by atoms with van der Waals surface area (Å²) in [5.74, 6) is 1.98. The summed E-state index contributed by atoms with van der Waals surface area (Å²) in [5, 5.41) is 2.97. The summed E-state index contributed by atoms with van der Waals surface area (Å²) in [6.45, 7) is 6.57. The summed E-state index contributed by atoms with van der Waals surface area (Å²) in [6.07, 6.45) is 7.68. The Morgan fingerprint density at radius 2 is 1.62 bits per heavy atom. The van der Waals surface area contributed by atoms with E-state index in [4.69, 9.17) is 4.98 Å². The van der Waals surface area contributed by atoms with E-state index < -0.39 is 0 Å². The number of piperazine rings is 1. The van der Waals surface area contributed by atoms with Crippen LogP contribution in [0.15, 0.2) is 23.6 Å². The van der Waals surface area contributed by atoms with Crippen LogP contribution in [0.4, 0.5) is 5.82 Å². The van der Waals surface area contributed by atoms with E-state index in [2.05, 4.69) is 14.8 Å². The zero-order valence-corrected chi connectivity index (χ0v) is 20.9. The quantitative estimate of drug-likeness (QED) is 0.658. The third-order valence-electron chi connectivity index (χ3n) is 7.62. The summed E-state index contributed by atoms with van der Waals surface area (Å²) in [7, 11) is 0. The van der Waals surface area contributed by atoms with Crippen LogP contribution in [0.1, 0.15) is 72.1 Å². The van der Waals surface area contributed by atoms with E-state index in [9.17, 15) is 9.59 Å². The molecule has 0 aromatic carbocycles. The summed E-state index contributed by atoms with van der Waals surface area (Å²) < 4.78 is 0. The van der Waals surface area contributed by atoms with Crippen molar-refractivity contribution in [1.29, 1.82) is 0 Å². The molecule has 8 heteroatoms. The predicted octanol–water partition coefficient (Wildman–Crippen LogP) is 4.10. The number of likely N-dealkylation sites (tertiary alicyclic amines) is 1. The van der Waals surface area contributed by atoms with Crippen molar-refractivity contribution in [3.63, 3.8) is 0 Å². The number of anilines is 1. The van der Waals surface area contributed by atoms with Gasteiger partial charge in [-0.1, -0.05) is 25.3 Å². The van der Waals surface area contributed by atoms with Gasteiger partial charge < -0.3 is 14.7 Å². The van der Waals surface area contributed by atoms with E-state index in [-0.39, 0.29) is 11.8 Å². The van der Waals surface area contributed by atoms with Crippen molar-refractivity contribution in [2.45, 2.75) is 57.8 Å². The molecule has 0 atom stereocenters. The highest BCUT2D eigenvalue weighted by Gasteiger charge is 2.31. The second kappa shape index (κ2) is 10.4. The van der Waals surface area contributed by atoms with Gasteiger partial charge in [-0.15, -0.1) is 11.3 Å². The normalized spacial score (nSPS) is 20.6. The Balaban J connectivity index is 1.12. The third-order valence-corrected chi connectivity index (χ3v) is 8.62. The number of carbonyl (C=O) groups is 2. The summed E-state index contributed by atoms with van der Waals surface area (Å²) in [4.78, 5) is 41.5. The lowest BCUT2D eigenvalue weighted by atomic mass is 9.87. The molecule has 4 heterocycles. The molecule has 0 radical (unpaired) electrons. The third kappa shape index (κ3) is 5.11. The highest BCUT2D eigenvalue weighted by Crippen LogP contribution is 2.33. The van der Waals surface area contributed by atoms with E-state index in [1.807, 2.05) is 35.4 Å². The average molecular weight is 482 g/mol. The van der Waals surface area contributed by atoms with Gasteiger partial charge in [0.1, 0.15) is 11.5 Å². The zero-order valence-electron chi connectivity index (χ0n) is 20.1. The number of rotatable bonds is 4. The van der Waals surface area contributed by atoms with Crippen molar-refractivity contribution in [1.82, 2.24) is 19.8 Å². The van der Waals surface area contributed by atoms with Gasteiger partial charge in [0.25, 0.3) is 5.91 Å². The molecule has 7 nitrogen and oxygen atoms in total. The Hall–Kier alpha value is -2.48. The number of aryl methyl sites for hydroxylation is 1. The van der Waals surface area contributed by atoms with Gasteiger partial charge in [0.15, 0.2) is 0 Å². The smallest absolute Gasteiger partial charge is 0.273 e. The van der Waals surface area contributed by atoms with Gasteiger partial charge in [-0.3, -0.25) is 9.59 Å². The number of pyridine rings is 1. The van der Waals surface area contributed by atoms with E-state index in [0.717, 1.165) is 68.4 Å². The monoisotopic (exact) mass is 481 g/mol. The Kier molecular flexibility index (Phi) is 7.13. The molecule has 3 fully saturated rings. The van der Waals surface area contributed by atoms with Crippen LogP contribution in [0, 0.1) is 12.8 Å². The number of thiazole rings is 1. The topological polar surface area (TPSA) is 69.6 Å². The van der Waals surface area contributed by atoms with Crippen molar-refractivity contribution in [3.8, 4) is 0 Å². The number of carbonyl (C=O) groups excluding carboxylic acids is 2. The predicted molar refractivity (Wildman–Crippen MR) is 134 cm³/mol. The van der Waals surface area contributed by atoms with Gasteiger partial charge in [-0.2, -0.15) is 0 Å². The van der Waals surface area contributed by atoms with Crippen molar-refractivity contribution in [3.05, 3.63) is 40.0 Å². The minimum atomic E-state index is 0.0317. The molecule has 2 aromatic heterocycles. The van der Waals surface area contributed by atoms with E-state index in [1.54, 1.807) is 11.3 Å². The first-order chi connectivity index (χ1) is 16.6. The molecule has 0 bridgehead atoms. The number of hydrogen-bond acceptors (Lipinski definition) is 6. The lowest BCUT2D eigenvalue weighted by Gasteiger charge is -2.35. The second-order valence-corrected chi connectivity index (χ2v) is 10.8. The van der Waals surface area contributed by atoms with Crippen molar-refractivity contribution >= 4 is 29.0 Å². The largest absolute Gasteiger partial charge is 0.353 e.